The van der Waals surface area contributed by atoms with E-state index in [0.717, 1.165) is 12.1 Å². The van der Waals surface area contributed by atoms with Crippen molar-refractivity contribution in [2.45, 2.75) is 6.36 Å². The van der Waals surface area contributed by atoms with Crippen LogP contribution in [0.2, 0.25) is 0 Å². The van der Waals surface area contributed by atoms with Crippen LogP contribution in [0, 0.1) is 0 Å². The largest absolute Gasteiger partial charge is 0.573 e. The summed E-state index contributed by atoms with van der Waals surface area (Å²) in [6.45, 7) is 0. The zero-order valence-corrected chi connectivity index (χ0v) is 8.72. The smallest absolute Gasteiger partial charge is 0.405 e. The molecule has 0 bridgehead atoms. The second kappa shape index (κ2) is 4.09. The summed E-state index contributed by atoms with van der Waals surface area (Å²) in [5, 5.41) is 0. The van der Waals surface area contributed by atoms with Crippen molar-refractivity contribution in [1.82, 2.24) is 0 Å². The molecule has 0 spiro atoms. The van der Waals surface area contributed by atoms with E-state index in [0.29, 0.717) is 4.47 Å². The molecule has 0 unspecified atom stereocenters. The molecule has 1 aromatic carbocycles. The highest BCUT2D eigenvalue weighted by atomic mass is 79.9. The van der Waals surface area contributed by atoms with E-state index in [1.165, 1.54) is 6.07 Å². The number of ether oxygens (including phenoxy) is 1. The first-order valence-corrected chi connectivity index (χ1v) is 4.44. The Kier molecular flexibility index (Phi) is 3.23. The molecule has 82 valence electrons. The van der Waals surface area contributed by atoms with Gasteiger partial charge in [0.2, 0.25) is 0 Å². The molecule has 15 heavy (non-hydrogen) atoms. The molecule has 0 aliphatic rings. The van der Waals surface area contributed by atoms with Crippen LogP contribution in [0.15, 0.2) is 22.7 Å². The molecule has 7 heteroatoms. The van der Waals surface area contributed by atoms with Crippen molar-refractivity contribution < 1.29 is 22.7 Å². The standard InChI is InChI=1S/C8H5BrF3NO2/c9-4-1-2-6(15-8(10,11)12)5(3-4)7(13)14/h1-3H,(H2,13,14). The summed E-state index contributed by atoms with van der Waals surface area (Å²) in [5.41, 5.74) is 4.56. The van der Waals surface area contributed by atoms with Gasteiger partial charge in [-0.1, -0.05) is 15.9 Å². The molecule has 0 aliphatic heterocycles. The minimum atomic E-state index is -4.85. The van der Waals surface area contributed by atoms with E-state index in [9.17, 15) is 18.0 Å². The van der Waals surface area contributed by atoms with Crippen molar-refractivity contribution in [3.63, 3.8) is 0 Å². The molecule has 0 saturated heterocycles. The van der Waals surface area contributed by atoms with Crippen molar-refractivity contribution in [3.05, 3.63) is 28.2 Å². The monoisotopic (exact) mass is 283 g/mol. The van der Waals surface area contributed by atoms with Crippen molar-refractivity contribution >= 4 is 21.8 Å². The Morgan fingerprint density at radius 2 is 2.00 bits per heavy atom. The predicted octanol–water partition coefficient (Wildman–Crippen LogP) is 2.45. The van der Waals surface area contributed by atoms with Gasteiger partial charge in [-0.3, -0.25) is 4.79 Å². The quantitative estimate of drug-likeness (QED) is 0.906. The van der Waals surface area contributed by atoms with Crippen LogP contribution in [0.3, 0.4) is 0 Å². The maximum atomic E-state index is 11.9. The van der Waals surface area contributed by atoms with Gasteiger partial charge in [-0.25, -0.2) is 0 Å². The highest BCUT2D eigenvalue weighted by molar-refractivity contribution is 9.10. The van der Waals surface area contributed by atoms with Crippen LogP contribution >= 0.6 is 15.9 Å². The zero-order valence-electron chi connectivity index (χ0n) is 7.14. The third-order valence-electron chi connectivity index (χ3n) is 1.43. The van der Waals surface area contributed by atoms with Crippen LogP contribution in [-0.2, 0) is 0 Å². The van der Waals surface area contributed by atoms with E-state index < -0.39 is 18.0 Å². The van der Waals surface area contributed by atoms with Gasteiger partial charge in [0, 0.05) is 4.47 Å². The van der Waals surface area contributed by atoms with Gasteiger partial charge in [-0.05, 0) is 18.2 Å². The Morgan fingerprint density at radius 1 is 1.40 bits per heavy atom. The Bertz CT molecular complexity index is 392. The molecular weight excluding hydrogens is 279 g/mol. The first-order valence-electron chi connectivity index (χ1n) is 3.65. The average molecular weight is 284 g/mol. The van der Waals surface area contributed by atoms with Crippen molar-refractivity contribution in [3.8, 4) is 5.75 Å². The maximum absolute atomic E-state index is 11.9. The molecule has 1 amide bonds. The number of hydrogen-bond acceptors (Lipinski definition) is 2. The zero-order chi connectivity index (χ0) is 11.6. The van der Waals surface area contributed by atoms with Gasteiger partial charge in [0.1, 0.15) is 5.75 Å². The first kappa shape index (κ1) is 11.8. The lowest BCUT2D eigenvalue weighted by Crippen LogP contribution is -2.21. The summed E-state index contributed by atoms with van der Waals surface area (Å²) >= 11 is 3.00. The number of alkyl halides is 3. The van der Waals surface area contributed by atoms with E-state index in [-0.39, 0.29) is 5.56 Å². The number of hydrogen-bond donors (Lipinski definition) is 1. The second-order valence-corrected chi connectivity index (χ2v) is 3.47. The Balaban J connectivity index is 3.12. The lowest BCUT2D eigenvalue weighted by Gasteiger charge is -2.11. The minimum absolute atomic E-state index is 0.332. The SMILES string of the molecule is NC(=O)c1cc(Br)ccc1OC(F)(F)F. The van der Waals surface area contributed by atoms with E-state index in [1.54, 1.807) is 0 Å². The molecule has 0 heterocycles. The predicted molar refractivity (Wildman–Crippen MR) is 49.3 cm³/mol. The molecule has 3 nitrogen and oxygen atoms in total. The maximum Gasteiger partial charge on any atom is 0.573 e. The van der Waals surface area contributed by atoms with Crippen LogP contribution < -0.4 is 10.5 Å². The number of carbonyl (C=O) groups is 1. The molecule has 0 fully saturated rings. The number of primary amides is 1. The fraction of sp³-hybridized carbons (Fsp3) is 0.125. The molecule has 1 aromatic rings. The average Bonchev–Trinajstić information content (AvgIpc) is 2.05. The number of nitrogens with two attached hydrogens (primary N) is 1. The molecular formula is C8H5BrF3NO2. The van der Waals surface area contributed by atoms with Crippen LogP contribution in [-0.4, -0.2) is 12.3 Å². The van der Waals surface area contributed by atoms with Crippen LogP contribution in [0.4, 0.5) is 13.2 Å². The minimum Gasteiger partial charge on any atom is -0.405 e. The molecule has 0 aromatic heterocycles. The molecule has 0 atom stereocenters. The van der Waals surface area contributed by atoms with Gasteiger partial charge in [0.15, 0.2) is 0 Å². The van der Waals surface area contributed by atoms with Crippen LogP contribution in [0.5, 0.6) is 5.75 Å². The Labute approximate surface area is 91.1 Å². The van der Waals surface area contributed by atoms with Crippen LogP contribution in [0.1, 0.15) is 10.4 Å². The third-order valence-corrected chi connectivity index (χ3v) is 1.93. The normalized spacial score (nSPS) is 11.2. The van der Waals surface area contributed by atoms with Crippen LogP contribution in [0.25, 0.3) is 0 Å². The third kappa shape index (κ3) is 3.43. The number of benzene rings is 1. The molecule has 1 rings (SSSR count). The van der Waals surface area contributed by atoms with Gasteiger partial charge in [-0.15, -0.1) is 13.2 Å². The van der Waals surface area contributed by atoms with Crippen molar-refractivity contribution in [2.24, 2.45) is 5.73 Å². The molecule has 0 aliphatic carbocycles. The summed E-state index contributed by atoms with van der Waals surface area (Å²) in [6, 6.07) is 3.48. The lowest BCUT2D eigenvalue weighted by atomic mass is 10.2. The lowest BCUT2D eigenvalue weighted by molar-refractivity contribution is -0.274. The Hall–Kier alpha value is -1.24. The summed E-state index contributed by atoms with van der Waals surface area (Å²) in [6.07, 6.45) is -4.85. The van der Waals surface area contributed by atoms with E-state index in [2.05, 4.69) is 20.7 Å². The molecule has 0 radical (unpaired) electrons. The van der Waals surface area contributed by atoms with E-state index in [4.69, 9.17) is 5.73 Å². The number of amides is 1. The summed E-state index contributed by atoms with van der Waals surface area (Å²) in [7, 11) is 0. The number of halogens is 4. The van der Waals surface area contributed by atoms with Gasteiger partial charge >= 0.3 is 6.36 Å². The van der Waals surface area contributed by atoms with Gasteiger partial charge in [-0.2, -0.15) is 0 Å². The van der Waals surface area contributed by atoms with E-state index in [1.807, 2.05) is 0 Å². The van der Waals surface area contributed by atoms with Crippen molar-refractivity contribution in [2.75, 3.05) is 0 Å². The topological polar surface area (TPSA) is 52.3 Å². The Morgan fingerprint density at radius 3 is 2.47 bits per heavy atom. The first-order chi connectivity index (χ1) is 6.79. The fourth-order valence-electron chi connectivity index (χ4n) is 0.908. The number of rotatable bonds is 2. The molecule has 0 saturated carbocycles. The van der Waals surface area contributed by atoms with E-state index >= 15 is 0 Å². The summed E-state index contributed by atoms with van der Waals surface area (Å²) < 4.78 is 39.8. The second-order valence-electron chi connectivity index (χ2n) is 2.55. The fourth-order valence-corrected chi connectivity index (χ4v) is 1.27. The highest BCUT2D eigenvalue weighted by Gasteiger charge is 2.32. The van der Waals surface area contributed by atoms with Gasteiger partial charge in [0.25, 0.3) is 5.91 Å². The number of carbonyl (C=O) groups excluding carboxylic acids is 1. The van der Waals surface area contributed by atoms with Crippen molar-refractivity contribution in [1.29, 1.82) is 0 Å². The summed E-state index contributed by atoms with van der Waals surface area (Å²) in [4.78, 5) is 10.8. The van der Waals surface area contributed by atoms with Gasteiger partial charge in [0.05, 0.1) is 5.56 Å². The van der Waals surface area contributed by atoms with Gasteiger partial charge < -0.3 is 10.5 Å². The molecule has 2 N–H and O–H groups in total. The summed E-state index contributed by atoms with van der Waals surface area (Å²) in [5.74, 6) is -1.60. The highest BCUT2D eigenvalue weighted by Crippen LogP contribution is 2.28.